The third-order valence-corrected chi connectivity index (χ3v) is 5.97. The molecule has 2 rings (SSSR count). The summed E-state index contributed by atoms with van der Waals surface area (Å²) < 4.78 is 28.2. The Bertz CT molecular complexity index is 846. The van der Waals surface area contributed by atoms with Gasteiger partial charge in [-0.3, -0.25) is 4.79 Å². The van der Waals surface area contributed by atoms with Crippen LogP contribution in [0.4, 0.5) is 4.79 Å². The highest BCUT2D eigenvalue weighted by atomic mass is 32.2. The molecule has 1 fully saturated rings. The van der Waals surface area contributed by atoms with E-state index in [0.29, 0.717) is 19.5 Å². The van der Waals surface area contributed by atoms with Gasteiger partial charge in [0, 0.05) is 20.1 Å². The summed E-state index contributed by atoms with van der Waals surface area (Å²) in [6, 6.07) is 5.92. The van der Waals surface area contributed by atoms with Crippen LogP contribution in [0, 0.1) is 5.92 Å². The first kappa shape index (κ1) is 23.2. The van der Waals surface area contributed by atoms with Crippen LogP contribution in [0.5, 0.6) is 0 Å². The van der Waals surface area contributed by atoms with E-state index < -0.39 is 21.7 Å². The van der Waals surface area contributed by atoms with E-state index in [1.807, 2.05) is 27.7 Å². The minimum absolute atomic E-state index is 0.0303. The topological polar surface area (TPSA) is 110 Å². The standard InChI is InChI=1S/C20H31N3O5S/c1-14(15-8-10-17(11-9-15)29(21,26)27)22(5)18(24)16-7-6-12-23(13-16)19(25)28-20(2,3)4/h8-11,14,16H,6-7,12-13H2,1-5H3,(H2,21,26,27)/t14-,16+/m1/s1. The van der Waals surface area contributed by atoms with Gasteiger partial charge in [-0.2, -0.15) is 0 Å². The van der Waals surface area contributed by atoms with E-state index >= 15 is 0 Å². The summed E-state index contributed by atoms with van der Waals surface area (Å²) in [4.78, 5) is 28.6. The highest BCUT2D eigenvalue weighted by Crippen LogP contribution is 2.26. The molecule has 0 aliphatic carbocycles. The summed E-state index contributed by atoms with van der Waals surface area (Å²) in [6.07, 6.45) is 1.05. The Morgan fingerprint density at radius 3 is 2.34 bits per heavy atom. The number of nitrogens with two attached hydrogens (primary N) is 1. The number of rotatable bonds is 4. The molecule has 0 unspecified atom stereocenters. The van der Waals surface area contributed by atoms with Crippen LogP contribution in [0.3, 0.4) is 0 Å². The number of primary sulfonamides is 1. The van der Waals surface area contributed by atoms with Gasteiger partial charge in [0.2, 0.25) is 15.9 Å². The second kappa shape index (κ2) is 8.71. The number of sulfonamides is 1. The Hall–Kier alpha value is -2.13. The maximum Gasteiger partial charge on any atom is 0.410 e. The SMILES string of the molecule is C[C@H](c1ccc(S(N)(=O)=O)cc1)N(C)C(=O)[C@H]1CCCN(C(=O)OC(C)(C)C)C1. The summed E-state index contributed by atoms with van der Waals surface area (Å²) in [6.45, 7) is 8.22. The molecule has 0 spiro atoms. The van der Waals surface area contributed by atoms with Gasteiger partial charge in [-0.05, 0) is 58.2 Å². The van der Waals surface area contributed by atoms with Crippen molar-refractivity contribution < 1.29 is 22.7 Å². The average Bonchev–Trinajstić information content (AvgIpc) is 2.64. The molecule has 1 heterocycles. The van der Waals surface area contributed by atoms with Gasteiger partial charge in [0.1, 0.15) is 5.60 Å². The zero-order valence-corrected chi connectivity index (χ0v) is 18.5. The van der Waals surface area contributed by atoms with Crippen molar-refractivity contribution in [2.45, 2.75) is 57.1 Å². The predicted octanol–water partition coefficient (Wildman–Crippen LogP) is 2.50. The van der Waals surface area contributed by atoms with Gasteiger partial charge in [0.25, 0.3) is 0 Å². The number of likely N-dealkylation sites (tertiary alicyclic amines) is 1. The molecule has 0 aromatic heterocycles. The molecule has 8 nitrogen and oxygen atoms in total. The smallest absolute Gasteiger partial charge is 0.410 e. The molecule has 1 aromatic carbocycles. The Morgan fingerprint density at radius 2 is 1.83 bits per heavy atom. The van der Waals surface area contributed by atoms with Crippen molar-refractivity contribution in [3.8, 4) is 0 Å². The minimum atomic E-state index is -3.76. The third-order valence-electron chi connectivity index (χ3n) is 5.04. The minimum Gasteiger partial charge on any atom is -0.444 e. The number of amides is 2. The maximum atomic E-state index is 13.0. The monoisotopic (exact) mass is 425 g/mol. The number of carbonyl (C=O) groups is 2. The molecule has 1 aliphatic heterocycles. The summed E-state index contributed by atoms with van der Waals surface area (Å²) in [5, 5.41) is 5.13. The Labute approximate surface area is 173 Å². The Balaban J connectivity index is 2.05. The quantitative estimate of drug-likeness (QED) is 0.797. The number of ether oxygens (including phenoxy) is 1. The number of carbonyl (C=O) groups excluding carboxylic acids is 2. The van der Waals surface area contributed by atoms with Crippen molar-refractivity contribution in [1.82, 2.24) is 9.80 Å². The largest absolute Gasteiger partial charge is 0.444 e. The summed E-state index contributed by atoms with van der Waals surface area (Å²) in [5.41, 5.74) is 0.218. The maximum absolute atomic E-state index is 13.0. The third kappa shape index (κ3) is 6.17. The predicted molar refractivity (Wildman–Crippen MR) is 110 cm³/mol. The van der Waals surface area contributed by atoms with E-state index in [9.17, 15) is 18.0 Å². The molecule has 162 valence electrons. The fraction of sp³-hybridized carbons (Fsp3) is 0.600. The molecule has 29 heavy (non-hydrogen) atoms. The molecule has 2 atom stereocenters. The summed E-state index contributed by atoms with van der Waals surface area (Å²) in [5.74, 6) is -0.353. The van der Waals surface area contributed by atoms with Crippen molar-refractivity contribution in [3.05, 3.63) is 29.8 Å². The first-order chi connectivity index (χ1) is 13.3. The molecule has 9 heteroatoms. The fourth-order valence-electron chi connectivity index (χ4n) is 3.31. The first-order valence-corrected chi connectivity index (χ1v) is 11.2. The van der Waals surface area contributed by atoms with Gasteiger partial charge in [-0.25, -0.2) is 18.4 Å². The number of hydrogen-bond acceptors (Lipinski definition) is 5. The van der Waals surface area contributed by atoms with Crippen LogP contribution in [-0.2, 0) is 19.6 Å². The highest BCUT2D eigenvalue weighted by molar-refractivity contribution is 7.89. The van der Waals surface area contributed by atoms with E-state index in [1.54, 1.807) is 29.0 Å². The van der Waals surface area contributed by atoms with Crippen LogP contribution in [-0.4, -0.2) is 56.0 Å². The molecular formula is C20H31N3O5S. The van der Waals surface area contributed by atoms with Crippen molar-refractivity contribution in [3.63, 3.8) is 0 Å². The fourth-order valence-corrected chi connectivity index (χ4v) is 3.82. The zero-order chi connectivity index (χ0) is 22.0. The van der Waals surface area contributed by atoms with Gasteiger partial charge < -0.3 is 14.5 Å². The molecule has 1 saturated heterocycles. The average molecular weight is 426 g/mol. The second-order valence-corrected chi connectivity index (χ2v) is 10.1. The molecule has 0 radical (unpaired) electrons. The van der Waals surface area contributed by atoms with Crippen molar-refractivity contribution in [1.29, 1.82) is 0 Å². The lowest BCUT2D eigenvalue weighted by atomic mass is 9.95. The second-order valence-electron chi connectivity index (χ2n) is 8.50. The van der Waals surface area contributed by atoms with Gasteiger partial charge in [-0.1, -0.05) is 12.1 Å². The van der Waals surface area contributed by atoms with Crippen molar-refractivity contribution in [2.75, 3.05) is 20.1 Å². The lowest BCUT2D eigenvalue weighted by molar-refractivity contribution is -0.137. The normalized spacial score (nSPS) is 18.8. The molecule has 2 N–H and O–H groups in total. The van der Waals surface area contributed by atoms with E-state index in [-0.39, 0.29) is 22.8 Å². The zero-order valence-electron chi connectivity index (χ0n) is 17.7. The lowest BCUT2D eigenvalue weighted by Gasteiger charge is -2.36. The Morgan fingerprint density at radius 1 is 1.24 bits per heavy atom. The molecule has 0 saturated carbocycles. The van der Waals surface area contributed by atoms with Crippen LogP contribution in [0.15, 0.2) is 29.2 Å². The first-order valence-electron chi connectivity index (χ1n) is 9.67. The van der Waals surface area contributed by atoms with E-state index in [2.05, 4.69) is 0 Å². The van der Waals surface area contributed by atoms with Crippen LogP contribution < -0.4 is 5.14 Å². The van der Waals surface area contributed by atoms with Gasteiger partial charge in [0.05, 0.1) is 16.9 Å². The van der Waals surface area contributed by atoms with Crippen LogP contribution >= 0.6 is 0 Å². The van der Waals surface area contributed by atoms with E-state index in [0.717, 1.165) is 12.0 Å². The van der Waals surface area contributed by atoms with Gasteiger partial charge in [-0.15, -0.1) is 0 Å². The van der Waals surface area contributed by atoms with E-state index in [1.165, 1.54) is 12.1 Å². The Kier molecular flexibility index (Phi) is 6.95. The van der Waals surface area contributed by atoms with Crippen molar-refractivity contribution >= 4 is 22.0 Å². The van der Waals surface area contributed by atoms with E-state index in [4.69, 9.17) is 9.88 Å². The molecule has 1 aliphatic rings. The number of hydrogen-bond donors (Lipinski definition) is 1. The van der Waals surface area contributed by atoms with Crippen molar-refractivity contribution in [2.24, 2.45) is 11.1 Å². The van der Waals surface area contributed by atoms with Crippen LogP contribution in [0.2, 0.25) is 0 Å². The van der Waals surface area contributed by atoms with Crippen LogP contribution in [0.25, 0.3) is 0 Å². The summed E-state index contributed by atoms with van der Waals surface area (Å²) in [7, 11) is -2.04. The highest BCUT2D eigenvalue weighted by Gasteiger charge is 2.33. The lowest BCUT2D eigenvalue weighted by Crippen LogP contribution is -2.47. The van der Waals surface area contributed by atoms with Gasteiger partial charge >= 0.3 is 6.09 Å². The summed E-state index contributed by atoms with van der Waals surface area (Å²) >= 11 is 0. The molecule has 2 amide bonds. The van der Waals surface area contributed by atoms with Crippen LogP contribution in [0.1, 0.15) is 52.1 Å². The molecule has 1 aromatic rings. The number of piperidine rings is 1. The molecule has 0 bridgehead atoms. The number of benzene rings is 1. The van der Waals surface area contributed by atoms with Gasteiger partial charge in [0.15, 0.2) is 0 Å². The number of nitrogens with zero attached hydrogens (tertiary/aromatic N) is 2. The molecular weight excluding hydrogens is 394 g/mol.